The van der Waals surface area contributed by atoms with Crippen LogP contribution in [0.4, 0.5) is 0 Å². The van der Waals surface area contributed by atoms with Gasteiger partial charge < -0.3 is 74.7 Å². The molecule has 3 heterocycles. The molecule has 3 aliphatic rings. The number of carboxylic acid groups (broad SMARTS) is 2. The molecule has 37 heavy (non-hydrogen) atoms. The van der Waals surface area contributed by atoms with E-state index in [2.05, 4.69) is 9.73 Å². The highest BCUT2D eigenvalue weighted by molar-refractivity contribution is 5.73. The lowest BCUT2D eigenvalue weighted by Gasteiger charge is -2.46. The summed E-state index contributed by atoms with van der Waals surface area (Å²) in [5.41, 5.74) is 0. The number of isocyanates is 1. The maximum Gasteiger partial charge on any atom is 0.335 e. The van der Waals surface area contributed by atoms with Crippen LogP contribution in [0.5, 0.6) is 0 Å². The molecule has 3 fully saturated rings. The summed E-state index contributed by atoms with van der Waals surface area (Å²) in [5.74, 6) is -3.52. The van der Waals surface area contributed by atoms with Crippen molar-refractivity contribution in [1.29, 1.82) is 0 Å². The molecule has 15 atom stereocenters. The van der Waals surface area contributed by atoms with Crippen molar-refractivity contribution in [1.82, 2.24) is 0 Å². The Kier molecular flexibility index (Phi) is 9.27. The lowest BCUT2D eigenvalue weighted by atomic mass is 9.97. The molecule has 0 aliphatic carbocycles. The number of aliphatic carboxylic acids is 2. The van der Waals surface area contributed by atoms with E-state index >= 15 is 0 Å². The third kappa shape index (κ3) is 5.79. The van der Waals surface area contributed by atoms with Gasteiger partial charge in [0.2, 0.25) is 6.08 Å². The van der Waals surface area contributed by atoms with E-state index in [4.69, 9.17) is 24.1 Å². The Hall–Kier alpha value is -2.20. The van der Waals surface area contributed by atoms with Crippen LogP contribution in [0.15, 0.2) is 4.99 Å². The number of rotatable bonds is 7. The van der Waals surface area contributed by atoms with Crippen LogP contribution in [-0.4, -0.2) is 161 Å². The van der Waals surface area contributed by atoms with Crippen LogP contribution in [0.3, 0.4) is 0 Å². The summed E-state index contributed by atoms with van der Waals surface area (Å²) in [5, 5.41) is 98.8. The van der Waals surface area contributed by atoms with Gasteiger partial charge in [0.15, 0.2) is 37.3 Å². The number of hydrogen-bond acceptors (Lipinski definition) is 17. The molecule has 0 spiro atoms. The van der Waals surface area contributed by atoms with E-state index in [1.165, 1.54) is 0 Å². The Morgan fingerprint density at radius 2 is 1.14 bits per heavy atom. The second-order valence-electron chi connectivity index (χ2n) is 8.30. The van der Waals surface area contributed by atoms with Crippen molar-refractivity contribution >= 4 is 18.0 Å². The molecular weight excluding hydrogens is 518 g/mol. The van der Waals surface area contributed by atoms with E-state index in [-0.39, 0.29) is 0 Å². The zero-order valence-electron chi connectivity index (χ0n) is 18.3. The molecule has 10 N–H and O–H groups in total. The van der Waals surface area contributed by atoms with Gasteiger partial charge in [-0.1, -0.05) is 0 Å². The first-order chi connectivity index (χ1) is 17.3. The molecule has 1 unspecified atom stereocenters. The maximum atomic E-state index is 11.5. The van der Waals surface area contributed by atoms with Gasteiger partial charge in [-0.05, 0) is 0 Å². The molecule has 19 heteroatoms. The Morgan fingerprint density at radius 1 is 0.622 bits per heavy atom. The van der Waals surface area contributed by atoms with Gasteiger partial charge >= 0.3 is 11.9 Å². The molecule has 3 saturated heterocycles. The van der Waals surface area contributed by atoms with Crippen molar-refractivity contribution in [2.24, 2.45) is 4.99 Å². The predicted octanol–water partition coefficient (Wildman–Crippen LogP) is -7.09. The van der Waals surface area contributed by atoms with Gasteiger partial charge in [0, 0.05) is 0 Å². The second kappa shape index (κ2) is 11.7. The number of ether oxygens (including phenoxy) is 5. The fourth-order valence-corrected chi connectivity index (χ4v) is 3.91. The van der Waals surface area contributed by atoms with E-state index in [0.29, 0.717) is 0 Å². The predicted molar refractivity (Wildman–Crippen MR) is 103 cm³/mol. The quantitative estimate of drug-likeness (QED) is 0.105. The fourth-order valence-electron chi connectivity index (χ4n) is 3.91. The van der Waals surface area contributed by atoms with Crippen molar-refractivity contribution in [3.63, 3.8) is 0 Å². The van der Waals surface area contributed by atoms with Crippen LogP contribution < -0.4 is 0 Å². The van der Waals surface area contributed by atoms with E-state index in [9.17, 15) is 60.3 Å². The molecule has 0 amide bonds. The zero-order valence-corrected chi connectivity index (χ0v) is 18.3. The number of carbonyl (C=O) groups is 2. The first-order valence-corrected chi connectivity index (χ1v) is 10.5. The number of aliphatic imine (C=N–C) groups is 1. The summed E-state index contributed by atoms with van der Waals surface area (Å²) in [6.45, 7) is 0. The molecule has 0 aromatic rings. The summed E-state index contributed by atoms with van der Waals surface area (Å²) < 4.78 is 25.2. The molecule has 0 saturated carbocycles. The molecule has 19 nitrogen and oxygen atoms in total. The Labute approximate surface area is 205 Å². The van der Waals surface area contributed by atoms with Crippen LogP contribution in [0.2, 0.25) is 0 Å². The van der Waals surface area contributed by atoms with Crippen LogP contribution in [0.25, 0.3) is 0 Å². The Morgan fingerprint density at radius 3 is 1.70 bits per heavy atom. The first-order valence-electron chi connectivity index (χ1n) is 10.5. The highest BCUT2D eigenvalue weighted by Gasteiger charge is 2.55. The van der Waals surface area contributed by atoms with Gasteiger partial charge in [0.25, 0.3) is 0 Å². The Balaban J connectivity index is 1.81. The molecule has 0 aromatic heterocycles. The van der Waals surface area contributed by atoms with Crippen molar-refractivity contribution in [2.45, 2.75) is 92.2 Å². The summed E-state index contributed by atoms with van der Waals surface area (Å²) in [4.78, 5) is 36.9. The number of aliphatic hydroxyl groups is 8. The van der Waals surface area contributed by atoms with E-state index in [1.54, 1.807) is 0 Å². The normalized spacial score (nSPS) is 48.6. The van der Waals surface area contributed by atoms with Crippen LogP contribution in [0.1, 0.15) is 0 Å². The minimum atomic E-state index is -2.18. The number of hydrogen-bond donors (Lipinski definition) is 10. The lowest BCUT2D eigenvalue weighted by Crippen LogP contribution is -2.66. The smallest absolute Gasteiger partial charge is 0.335 e. The van der Waals surface area contributed by atoms with Crippen molar-refractivity contribution in [3.05, 3.63) is 0 Å². The molecule has 0 bridgehead atoms. The average molecular weight is 543 g/mol. The highest BCUT2D eigenvalue weighted by Crippen LogP contribution is 2.32. The standard InChI is InChI=1S/C18H25NO18/c20-1-19-13-10(35-17-7(26)2(21)3(22)11(36-17)14(28)29)5(24)8(27)18(37-13)34-9-4(23)6(25)16(32)33-12(9)15(30)31/h2-13,16-18,21-27,32H,(H,28,29)(H,30,31)/t2-,3+,4+,5+,6+,7+,8+,9+,10+,11-,12-,13-,16?,17-,18-/m0/s1. The highest BCUT2D eigenvalue weighted by atomic mass is 16.8. The van der Waals surface area contributed by atoms with Crippen molar-refractivity contribution in [2.75, 3.05) is 0 Å². The van der Waals surface area contributed by atoms with E-state index < -0.39 is 104 Å². The minimum absolute atomic E-state index is 1.06. The SMILES string of the molecule is O=C=N[C@H]1O[C@H](O[C@@H]2[C@H](O)[C@@H](O)C(O)O[C@@H]2C(=O)O)[C@H](O)[C@@H](O)[C@H]1O[C@H]1O[C@H](C(=O)O)[C@H](O)[C@H](O)[C@H]1O. The third-order valence-corrected chi connectivity index (χ3v) is 5.90. The van der Waals surface area contributed by atoms with Crippen LogP contribution >= 0.6 is 0 Å². The monoisotopic (exact) mass is 543 g/mol. The van der Waals surface area contributed by atoms with Gasteiger partial charge in [0.05, 0.1) is 0 Å². The lowest BCUT2D eigenvalue weighted by molar-refractivity contribution is -0.370. The largest absolute Gasteiger partial charge is 0.479 e. The zero-order chi connectivity index (χ0) is 27.8. The fraction of sp³-hybridized carbons (Fsp3) is 0.833. The minimum Gasteiger partial charge on any atom is -0.479 e. The third-order valence-electron chi connectivity index (χ3n) is 5.90. The van der Waals surface area contributed by atoms with Gasteiger partial charge in [-0.25, -0.2) is 14.4 Å². The van der Waals surface area contributed by atoms with Gasteiger partial charge in [0.1, 0.15) is 54.9 Å². The van der Waals surface area contributed by atoms with Crippen molar-refractivity contribution in [3.8, 4) is 0 Å². The van der Waals surface area contributed by atoms with Gasteiger partial charge in [-0.2, -0.15) is 4.99 Å². The second-order valence-corrected chi connectivity index (χ2v) is 8.30. The number of carboxylic acids is 2. The van der Waals surface area contributed by atoms with Crippen LogP contribution in [-0.2, 0) is 38.1 Å². The maximum absolute atomic E-state index is 11.5. The summed E-state index contributed by atoms with van der Waals surface area (Å²) in [6, 6.07) is 0. The van der Waals surface area contributed by atoms with Crippen molar-refractivity contribution < 1.29 is 89.1 Å². The molecule has 0 radical (unpaired) electrons. The van der Waals surface area contributed by atoms with Gasteiger partial charge in [-0.3, -0.25) is 0 Å². The van der Waals surface area contributed by atoms with E-state index in [1.807, 2.05) is 0 Å². The Bertz CT molecular complexity index is 883. The van der Waals surface area contributed by atoms with Crippen LogP contribution in [0, 0.1) is 0 Å². The average Bonchev–Trinajstić information content (AvgIpc) is 2.84. The number of nitrogens with zero attached hydrogens (tertiary/aromatic N) is 1. The first kappa shape index (κ1) is 29.4. The van der Waals surface area contributed by atoms with E-state index in [0.717, 1.165) is 6.08 Å². The molecule has 3 rings (SSSR count). The molecule has 210 valence electrons. The molecular formula is C18H25NO18. The summed E-state index contributed by atoms with van der Waals surface area (Å²) in [7, 11) is 0. The van der Waals surface area contributed by atoms with Gasteiger partial charge in [-0.15, -0.1) is 0 Å². The number of carbonyl (C=O) groups excluding carboxylic acids is 1. The molecule has 3 aliphatic heterocycles. The topological polar surface area (TPSA) is 312 Å². The molecule has 0 aromatic carbocycles. The summed E-state index contributed by atoms with van der Waals surface area (Å²) in [6.07, 6.45) is -30.1. The number of aliphatic hydroxyl groups excluding tert-OH is 8. The summed E-state index contributed by atoms with van der Waals surface area (Å²) >= 11 is 0.